The number of phenolic OH excluding ortho intramolecular Hbond substituents is 1. The molecule has 7 nitrogen and oxygen atoms in total. The average molecular weight is 569 g/mol. The summed E-state index contributed by atoms with van der Waals surface area (Å²) in [5.41, 5.74) is 1.04. The van der Waals surface area contributed by atoms with E-state index in [4.69, 9.17) is 4.43 Å². The molecule has 1 aromatic rings. The Kier molecular flexibility index (Phi) is 13.6. The average Bonchev–Trinajstić information content (AvgIpc) is 2.82. The van der Waals surface area contributed by atoms with Gasteiger partial charge in [0.15, 0.2) is 8.32 Å². The van der Waals surface area contributed by atoms with Gasteiger partial charge in [-0.1, -0.05) is 58.9 Å². The standard InChI is InChI=1S/C29H54N3O4SSi/c1-29(2,3)38(5,6)36-28(25-17-18-27(33)26(23-25)31-37(4,34)35)24-30-19-13-10-8-7-9-11-14-20-32-21-15-12-16-22-32/h12,17-18,23,28,30-31,33H,7-11,13-16,19-22,24H2,1-6H3/t28-/m0/s1. The Labute approximate surface area is 234 Å². The summed E-state index contributed by atoms with van der Waals surface area (Å²) in [4.78, 5) is 2.61. The zero-order chi connectivity index (χ0) is 28.2. The lowest BCUT2D eigenvalue weighted by molar-refractivity contribution is 0.180. The predicted octanol–water partition coefficient (Wildman–Crippen LogP) is 6.45. The Hall–Kier alpha value is -1.13. The van der Waals surface area contributed by atoms with E-state index in [-0.39, 0.29) is 22.6 Å². The van der Waals surface area contributed by atoms with Crippen LogP contribution in [-0.4, -0.2) is 65.7 Å². The first-order chi connectivity index (χ1) is 17.8. The van der Waals surface area contributed by atoms with Crippen molar-refractivity contribution in [2.45, 2.75) is 103 Å². The van der Waals surface area contributed by atoms with Crippen LogP contribution in [0.2, 0.25) is 18.1 Å². The molecule has 0 saturated carbocycles. The summed E-state index contributed by atoms with van der Waals surface area (Å²) in [7, 11) is -5.59. The van der Waals surface area contributed by atoms with Gasteiger partial charge in [-0.15, -0.1) is 0 Å². The number of piperidine rings is 1. The van der Waals surface area contributed by atoms with Crippen LogP contribution in [-0.2, 0) is 14.4 Å². The lowest BCUT2D eigenvalue weighted by atomic mass is 10.1. The second-order valence-electron chi connectivity index (χ2n) is 12.4. The molecule has 1 atom stereocenters. The molecular weight excluding hydrogens is 514 g/mol. The van der Waals surface area contributed by atoms with Gasteiger partial charge < -0.3 is 19.7 Å². The van der Waals surface area contributed by atoms with Crippen LogP contribution in [0.15, 0.2) is 18.2 Å². The van der Waals surface area contributed by atoms with Crippen LogP contribution in [0.25, 0.3) is 0 Å². The van der Waals surface area contributed by atoms with Crippen molar-refractivity contribution >= 4 is 24.0 Å². The molecule has 0 aliphatic carbocycles. The molecule has 1 radical (unpaired) electrons. The number of phenols is 1. The number of unbranched alkanes of at least 4 members (excludes halogenated alkanes) is 6. The monoisotopic (exact) mass is 568 g/mol. The van der Waals surface area contributed by atoms with E-state index in [1.165, 1.54) is 77.1 Å². The molecule has 3 N–H and O–H groups in total. The first kappa shape index (κ1) is 33.1. The number of likely N-dealkylation sites (tertiary alicyclic amines) is 1. The van der Waals surface area contributed by atoms with Crippen LogP contribution < -0.4 is 10.0 Å². The predicted molar refractivity (Wildman–Crippen MR) is 163 cm³/mol. The number of nitrogens with one attached hydrogen (secondary N) is 2. The number of nitrogens with zero attached hydrogens (tertiary/aromatic N) is 1. The molecule has 0 unspecified atom stereocenters. The Bertz CT molecular complexity index is 928. The first-order valence-electron chi connectivity index (χ1n) is 14.5. The fourth-order valence-electron chi connectivity index (χ4n) is 4.53. The second kappa shape index (κ2) is 15.6. The third kappa shape index (κ3) is 12.4. The normalized spacial score (nSPS) is 16.5. The van der Waals surface area contributed by atoms with Gasteiger partial charge in [0.1, 0.15) is 5.75 Å². The highest BCUT2D eigenvalue weighted by molar-refractivity contribution is 7.92. The van der Waals surface area contributed by atoms with Crippen LogP contribution in [0.1, 0.15) is 90.2 Å². The van der Waals surface area contributed by atoms with Crippen LogP contribution in [0.4, 0.5) is 5.69 Å². The highest BCUT2D eigenvalue weighted by atomic mass is 32.2. The SMILES string of the molecule is CC(C)(C)[Si](C)(C)O[C@@H](CNCCCCCCCCCN1CC[CH]CC1)c1ccc(O)c(NS(C)(=O)=O)c1. The summed E-state index contributed by atoms with van der Waals surface area (Å²) in [5, 5.41) is 13.8. The molecule has 219 valence electrons. The van der Waals surface area contributed by atoms with Crippen molar-refractivity contribution in [2.75, 3.05) is 43.7 Å². The highest BCUT2D eigenvalue weighted by Crippen LogP contribution is 2.40. The Morgan fingerprint density at radius 3 is 2.24 bits per heavy atom. The van der Waals surface area contributed by atoms with E-state index >= 15 is 0 Å². The highest BCUT2D eigenvalue weighted by Gasteiger charge is 2.39. The van der Waals surface area contributed by atoms with Gasteiger partial charge in [-0.25, -0.2) is 8.42 Å². The molecule has 0 amide bonds. The van der Waals surface area contributed by atoms with Crippen LogP contribution in [0, 0.1) is 6.42 Å². The largest absolute Gasteiger partial charge is 0.506 e. The van der Waals surface area contributed by atoms with E-state index in [1.807, 2.05) is 6.07 Å². The summed E-state index contributed by atoms with van der Waals surface area (Å²) in [6.07, 6.45) is 14.7. The van der Waals surface area contributed by atoms with E-state index in [0.29, 0.717) is 6.54 Å². The summed E-state index contributed by atoms with van der Waals surface area (Å²) < 4.78 is 32.7. The van der Waals surface area contributed by atoms with Crippen LogP contribution >= 0.6 is 0 Å². The van der Waals surface area contributed by atoms with E-state index in [1.54, 1.807) is 6.07 Å². The van der Waals surface area contributed by atoms with Gasteiger partial charge in [-0.3, -0.25) is 4.72 Å². The number of sulfonamides is 1. The van der Waals surface area contributed by atoms with Gasteiger partial charge in [0.25, 0.3) is 0 Å². The Balaban J connectivity index is 1.79. The molecule has 1 heterocycles. The number of rotatable bonds is 17. The molecule has 0 spiro atoms. The molecule has 0 bridgehead atoms. The maximum atomic E-state index is 11.8. The van der Waals surface area contributed by atoms with Crippen molar-refractivity contribution in [2.24, 2.45) is 0 Å². The van der Waals surface area contributed by atoms with Crippen molar-refractivity contribution in [3.63, 3.8) is 0 Å². The first-order valence-corrected chi connectivity index (χ1v) is 19.3. The fourth-order valence-corrected chi connectivity index (χ4v) is 6.37. The Morgan fingerprint density at radius 2 is 1.63 bits per heavy atom. The topological polar surface area (TPSA) is 90.9 Å². The molecular formula is C29H54N3O4SSi. The van der Waals surface area contributed by atoms with E-state index in [2.05, 4.69) is 55.2 Å². The quantitative estimate of drug-likeness (QED) is 0.114. The second-order valence-corrected chi connectivity index (χ2v) is 18.9. The molecule has 1 saturated heterocycles. The smallest absolute Gasteiger partial charge is 0.229 e. The summed E-state index contributed by atoms with van der Waals surface area (Å²) in [5.74, 6) is -0.0941. The molecule has 0 aromatic heterocycles. The maximum Gasteiger partial charge on any atom is 0.229 e. The van der Waals surface area contributed by atoms with Crippen molar-refractivity contribution in [1.29, 1.82) is 0 Å². The molecule has 1 fully saturated rings. The molecule has 38 heavy (non-hydrogen) atoms. The summed E-state index contributed by atoms with van der Waals surface area (Å²) in [6.45, 7) is 16.4. The molecule has 9 heteroatoms. The lowest BCUT2D eigenvalue weighted by Crippen LogP contribution is -2.43. The minimum absolute atomic E-state index is 0.0440. The maximum absolute atomic E-state index is 11.8. The molecule has 1 aliphatic heterocycles. The van der Waals surface area contributed by atoms with Gasteiger partial charge in [0.2, 0.25) is 10.0 Å². The number of hydrogen-bond acceptors (Lipinski definition) is 6. The molecule has 2 rings (SSSR count). The van der Waals surface area contributed by atoms with Gasteiger partial charge in [0, 0.05) is 6.54 Å². The van der Waals surface area contributed by atoms with Gasteiger partial charge in [0.05, 0.1) is 18.0 Å². The van der Waals surface area contributed by atoms with E-state index < -0.39 is 18.3 Å². The van der Waals surface area contributed by atoms with Gasteiger partial charge in [-0.2, -0.15) is 0 Å². The van der Waals surface area contributed by atoms with Crippen molar-refractivity contribution < 1.29 is 18.0 Å². The summed E-state index contributed by atoms with van der Waals surface area (Å²) >= 11 is 0. The third-order valence-corrected chi connectivity index (χ3v) is 13.0. The van der Waals surface area contributed by atoms with E-state index in [9.17, 15) is 13.5 Å². The van der Waals surface area contributed by atoms with Crippen LogP contribution in [0.5, 0.6) is 5.75 Å². The number of benzene rings is 1. The van der Waals surface area contributed by atoms with Crippen molar-refractivity contribution in [3.05, 3.63) is 30.2 Å². The van der Waals surface area contributed by atoms with E-state index in [0.717, 1.165) is 24.8 Å². The number of hydrogen-bond donors (Lipinski definition) is 3. The van der Waals surface area contributed by atoms with Gasteiger partial charge in [-0.05, 0) is 94.1 Å². The lowest BCUT2D eigenvalue weighted by Gasteiger charge is -2.39. The van der Waals surface area contributed by atoms with Crippen molar-refractivity contribution in [1.82, 2.24) is 10.2 Å². The van der Waals surface area contributed by atoms with Crippen molar-refractivity contribution in [3.8, 4) is 5.75 Å². The minimum Gasteiger partial charge on any atom is -0.506 e. The summed E-state index contributed by atoms with van der Waals surface area (Å²) in [6, 6.07) is 5.06. The number of anilines is 1. The fraction of sp³-hybridized carbons (Fsp3) is 0.759. The van der Waals surface area contributed by atoms with Gasteiger partial charge >= 0.3 is 0 Å². The molecule has 1 aromatic carbocycles. The zero-order valence-corrected chi connectivity index (χ0v) is 26.6. The minimum atomic E-state index is -3.50. The zero-order valence-electron chi connectivity index (χ0n) is 24.8. The van der Waals surface area contributed by atoms with Crippen LogP contribution in [0.3, 0.4) is 0 Å². The Morgan fingerprint density at radius 1 is 1.03 bits per heavy atom. The number of aromatic hydroxyl groups is 1. The third-order valence-electron chi connectivity index (χ3n) is 7.89. The molecule has 1 aliphatic rings.